The lowest BCUT2D eigenvalue weighted by Crippen LogP contribution is -2.30. The fourth-order valence-corrected chi connectivity index (χ4v) is 15.2. The lowest BCUT2D eigenvalue weighted by Gasteiger charge is -2.21. The first-order valence-electron chi connectivity index (χ1n) is 45.1. The monoisotopic (exact) mass is 1550 g/mol. The van der Waals surface area contributed by atoms with E-state index in [0.717, 1.165) is 95.8 Å². The fraction of sp³-hybridized carbons (Fsp3) is 0.954. The summed E-state index contributed by atoms with van der Waals surface area (Å²) in [4.78, 5) is 73.2. The molecule has 0 radical (unpaired) electrons. The molecule has 106 heavy (non-hydrogen) atoms. The van der Waals surface area contributed by atoms with E-state index in [1.165, 1.54) is 295 Å². The minimum Gasteiger partial charge on any atom is -0.462 e. The number of phosphoric acid groups is 2. The summed E-state index contributed by atoms with van der Waals surface area (Å²) >= 11 is 0. The molecule has 0 rings (SSSR count). The van der Waals surface area contributed by atoms with Crippen LogP contribution >= 0.6 is 15.6 Å². The molecule has 2 unspecified atom stereocenters. The van der Waals surface area contributed by atoms with Crippen LogP contribution in [-0.4, -0.2) is 96.7 Å². The Labute approximate surface area is 651 Å². The normalized spacial score (nSPS) is 13.7. The molecule has 0 spiro atoms. The third-order valence-electron chi connectivity index (χ3n) is 20.5. The number of unbranched alkanes of at least 4 members (excludes halogenated alkanes) is 59. The lowest BCUT2D eigenvalue weighted by atomic mass is 10.0. The lowest BCUT2D eigenvalue weighted by molar-refractivity contribution is -0.161. The first kappa shape index (κ1) is 104. The van der Waals surface area contributed by atoms with Gasteiger partial charge in [0.25, 0.3) is 0 Å². The van der Waals surface area contributed by atoms with Crippen LogP contribution in [-0.2, 0) is 65.4 Å². The van der Waals surface area contributed by atoms with Gasteiger partial charge in [-0.25, -0.2) is 9.13 Å². The van der Waals surface area contributed by atoms with Crippen LogP contribution in [0.3, 0.4) is 0 Å². The molecule has 0 aliphatic carbocycles. The maximum Gasteiger partial charge on any atom is 0.472 e. The largest absolute Gasteiger partial charge is 0.472 e. The smallest absolute Gasteiger partial charge is 0.462 e. The van der Waals surface area contributed by atoms with E-state index in [1.54, 1.807) is 0 Å². The van der Waals surface area contributed by atoms with Crippen molar-refractivity contribution in [3.63, 3.8) is 0 Å². The van der Waals surface area contributed by atoms with Crippen LogP contribution in [0.2, 0.25) is 0 Å². The van der Waals surface area contributed by atoms with Crippen LogP contribution in [0, 0.1) is 5.92 Å². The molecule has 19 heteroatoms. The van der Waals surface area contributed by atoms with Gasteiger partial charge in [0.1, 0.15) is 19.3 Å². The van der Waals surface area contributed by atoms with Gasteiger partial charge in [-0.3, -0.25) is 37.3 Å². The average Bonchev–Trinajstić information content (AvgIpc) is 0.899. The molecule has 0 aromatic rings. The van der Waals surface area contributed by atoms with Crippen molar-refractivity contribution in [3.05, 3.63) is 0 Å². The Morgan fingerprint density at radius 1 is 0.255 bits per heavy atom. The molecule has 0 aromatic heterocycles. The predicted molar refractivity (Wildman–Crippen MR) is 437 cm³/mol. The van der Waals surface area contributed by atoms with Crippen molar-refractivity contribution in [1.29, 1.82) is 0 Å². The highest BCUT2D eigenvalue weighted by Crippen LogP contribution is 2.45. The fourth-order valence-electron chi connectivity index (χ4n) is 13.6. The zero-order valence-corrected chi connectivity index (χ0v) is 71.4. The minimum atomic E-state index is -4.97. The van der Waals surface area contributed by atoms with E-state index < -0.39 is 97.5 Å². The number of phosphoric ester groups is 2. The van der Waals surface area contributed by atoms with Crippen molar-refractivity contribution in [2.24, 2.45) is 5.92 Å². The highest BCUT2D eigenvalue weighted by atomic mass is 31.2. The zero-order valence-electron chi connectivity index (χ0n) is 69.6. The number of hydrogen-bond acceptors (Lipinski definition) is 15. The van der Waals surface area contributed by atoms with Crippen molar-refractivity contribution in [1.82, 2.24) is 0 Å². The van der Waals surface area contributed by atoms with Crippen molar-refractivity contribution >= 4 is 39.5 Å². The number of aliphatic hydroxyl groups excluding tert-OH is 1. The molecular formula is C87H170O17P2. The van der Waals surface area contributed by atoms with E-state index in [9.17, 15) is 43.2 Å². The van der Waals surface area contributed by atoms with E-state index >= 15 is 0 Å². The maximum atomic E-state index is 13.2. The second kappa shape index (κ2) is 79.7. The van der Waals surface area contributed by atoms with Gasteiger partial charge in [-0.15, -0.1) is 0 Å². The second-order valence-electron chi connectivity index (χ2n) is 31.8. The number of esters is 4. The molecule has 5 atom stereocenters. The molecule has 0 aliphatic heterocycles. The van der Waals surface area contributed by atoms with Crippen LogP contribution < -0.4 is 0 Å². The Kier molecular flexibility index (Phi) is 78.2. The van der Waals surface area contributed by atoms with Crippen LogP contribution in [0.5, 0.6) is 0 Å². The highest BCUT2D eigenvalue weighted by Gasteiger charge is 2.30. The van der Waals surface area contributed by atoms with E-state index in [-0.39, 0.29) is 25.7 Å². The molecule has 0 bridgehead atoms. The van der Waals surface area contributed by atoms with Crippen molar-refractivity contribution in [2.45, 2.75) is 490 Å². The molecule has 17 nitrogen and oxygen atoms in total. The second-order valence-corrected chi connectivity index (χ2v) is 34.7. The first-order chi connectivity index (χ1) is 51.5. The van der Waals surface area contributed by atoms with Gasteiger partial charge in [0.05, 0.1) is 26.4 Å². The first-order valence-corrected chi connectivity index (χ1v) is 48.1. The van der Waals surface area contributed by atoms with Crippen molar-refractivity contribution in [3.8, 4) is 0 Å². The molecule has 0 amide bonds. The number of aliphatic hydroxyl groups is 1. The summed E-state index contributed by atoms with van der Waals surface area (Å²) in [6.45, 7) is 7.40. The Hall–Kier alpha value is -1.94. The van der Waals surface area contributed by atoms with Crippen LogP contribution in [0.1, 0.15) is 471 Å². The van der Waals surface area contributed by atoms with Gasteiger partial charge >= 0.3 is 39.5 Å². The summed E-state index contributed by atoms with van der Waals surface area (Å²) in [6.07, 6.45) is 73.6. The van der Waals surface area contributed by atoms with Crippen molar-refractivity contribution < 1.29 is 80.2 Å². The number of ether oxygens (including phenoxy) is 4. The summed E-state index contributed by atoms with van der Waals surface area (Å²) < 4.78 is 68.9. The molecule has 630 valence electrons. The van der Waals surface area contributed by atoms with Gasteiger partial charge in [-0.05, 0) is 31.6 Å². The summed E-state index contributed by atoms with van der Waals surface area (Å²) in [7, 11) is -9.93. The molecule has 3 N–H and O–H groups in total. The van der Waals surface area contributed by atoms with Gasteiger partial charge in [0.2, 0.25) is 0 Å². The van der Waals surface area contributed by atoms with Crippen molar-refractivity contribution in [2.75, 3.05) is 39.6 Å². The molecule has 0 heterocycles. The van der Waals surface area contributed by atoms with Crippen LogP contribution in [0.15, 0.2) is 0 Å². The molecule has 0 aliphatic rings. The topological polar surface area (TPSA) is 237 Å². The third-order valence-corrected chi connectivity index (χ3v) is 22.4. The van der Waals surface area contributed by atoms with E-state index in [2.05, 4.69) is 34.6 Å². The summed E-state index contributed by atoms with van der Waals surface area (Å²) in [5.74, 6) is -1.29. The minimum absolute atomic E-state index is 0.109. The van der Waals surface area contributed by atoms with Gasteiger partial charge in [0.15, 0.2) is 12.2 Å². The summed E-state index contributed by atoms with van der Waals surface area (Å²) in [5.41, 5.74) is 0. The SMILES string of the molecule is CCCCCCCCCCCCCCCCCCCCCCC(=O)O[C@H](COC(=O)CCCCCCCCCCCCCCCCCCC(C)C)COP(=O)(O)OC[C@@H](O)COP(=O)(O)OC[C@@H](COC(=O)CCCCCCCCCCCC)OC(=O)CCCCCCCCCCCCCCCCCCC. The van der Waals surface area contributed by atoms with E-state index in [1.807, 2.05) is 0 Å². The quantitative estimate of drug-likeness (QED) is 0.0222. The molecule has 0 fully saturated rings. The summed E-state index contributed by atoms with van der Waals surface area (Å²) in [5, 5.41) is 10.7. The number of hydrogen-bond donors (Lipinski definition) is 3. The van der Waals surface area contributed by atoms with Gasteiger partial charge in [-0.2, -0.15) is 0 Å². The van der Waals surface area contributed by atoms with Gasteiger partial charge in [0, 0.05) is 25.7 Å². The molecule has 0 saturated heterocycles. The molecule has 0 aromatic carbocycles. The molecular weight excluding hydrogens is 1380 g/mol. The number of carbonyl (C=O) groups is 4. The maximum absolute atomic E-state index is 13.2. The number of rotatable bonds is 87. The van der Waals surface area contributed by atoms with Crippen LogP contribution in [0.25, 0.3) is 0 Å². The number of carbonyl (C=O) groups excluding carboxylic acids is 4. The van der Waals surface area contributed by atoms with Gasteiger partial charge in [-0.1, -0.05) is 420 Å². The highest BCUT2D eigenvalue weighted by molar-refractivity contribution is 7.47. The standard InChI is InChI=1S/C87H170O17P2/c1-6-9-12-15-18-21-24-26-28-30-31-32-34-40-44-48-53-58-63-68-73-87(92)104-83(77-98-85(90)71-66-61-56-51-46-42-38-36-35-37-41-45-49-54-59-64-69-80(4)5)79-102-106(95,96)100-75-81(88)74-99-105(93,94)101-78-82(76-97-84(89)70-65-60-55-50-23-20-17-14-11-8-3)103-86(91)72-67-62-57-52-47-43-39-33-29-27-25-22-19-16-13-10-7-2/h80-83,88H,6-79H2,1-5H3,(H,93,94)(H,95,96)/t81-,82+,83+/m0/s1. The average molecular weight is 1550 g/mol. The Morgan fingerprint density at radius 2 is 0.434 bits per heavy atom. The van der Waals surface area contributed by atoms with E-state index in [0.29, 0.717) is 25.7 Å². The summed E-state index contributed by atoms with van der Waals surface area (Å²) in [6, 6.07) is 0. The zero-order chi connectivity index (χ0) is 77.6. The third kappa shape index (κ3) is 80.1. The van der Waals surface area contributed by atoms with Crippen LogP contribution in [0.4, 0.5) is 0 Å². The van der Waals surface area contributed by atoms with E-state index in [4.69, 9.17) is 37.0 Å². The van der Waals surface area contributed by atoms with Gasteiger partial charge < -0.3 is 33.8 Å². The molecule has 0 saturated carbocycles. The predicted octanol–water partition coefficient (Wildman–Crippen LogP) is 26.8. The Balaban J connectivity index is 5.22. The Morgan fingerprint density at radius 3 is 0.642 bits per heavy atom. The Bertz CT molecular complexity index is 2010.